The van der Waals surface area contributed by atoms with Gasteiger partial charge in [-0.25, -0.2) is 4.79 Å². The van der Waals surface area contributed by atoms with Crippen LogP contribution >= 0.6 is 11.8 Å². The Morgan fingerprint density at radius 3 is 2.54 bits per heavy atom. The van der Waals surface area contributed by atoms with Crippen LogP contribution in [0.4, 0.5) is 13.2 Å². The Hall–Kier alpha value is -3.52. The number of pyridine rings is 1. The van der Waals surface area contributed by atoms with Crippen LogP contribution in [-0.2, 0) is 22.1 Å². The van der Waals surface area contributed by atoms with Gasteiger partial charge in [0.15, 0.2) is 0 Å². The molecule has 1 aliphatic rings. The second-order valence-electron chi connectivity index (χ2n) is 8.30. The van der Waals surface area contributed by atoms with Gasteiger partial charge in [0.1, 0.15) is 6.04 Å². The smallest absolute Gasteiger partial charge is 0.416 e. The zero-order chi connectivity index (χ0) is 24.7. The molecule has 0 saturated carbocycles. The summed E-state index contributed by atoms with van der Waals surface area (Å²) in [4.78, 5) is 25.5. The SMILES string of the molecule is COC(=O)[C@@H]1CSc2c(-c3cccc(C(F)(F)F)c3)c(Cc3cccc4ccccc34)cc(=O)n21. The van der Waals surface area contributed by atoms with Crippen LogP contribution in [0, 0.1) is 0 Å². The number of rotatable bonds is 4. The van der Waals surface area contributed by atoms with Gasteiger partial charge in [0.05, 0.1) is 17.7 Å². The first kappa shape index (κ1) is 23.2. The summed E-state index contributed by atoms with van der Waals surface area (Å²) in [5.41, 5.74) is 1.27. The van der Waals surface area contributed by atoms with Crippen LogP contribution in [0.5, 0.6) is 0 Å². The lowest BCUT2D eigenvalue weighted by molar-refractivity contribution is -0.144. The van der Waals surface area contributed by atoms with Crippen molar-refractivity contribution in [3.63, 3.8) is 0 Å². The van der Waals surface area contributed by atoms with E-state index in [-0.39, 0.29) is 11.3 Å². The van der Waals surface area contributed by atoms with E-state index in [9.17, 15) is 22.8 Å². The summed E-state index contributed by atoms with van der Waals surface area (Å²) >= 11 is 1.28. The van der Waals surface area contributed by atoms with E-state index in [2.05, 4.69) is 0 Å². The van der Waals surface area contributed by atoms with Gasteiger partial charge in [-0.3, -0.25) is 9.36 Å². The molecule has 0 N–H and O–H groups in total. The molecule has 0 radical (unpaired) electrons. The zero-order valence-corrected chi connectivity index (χ0v) is 19.5. The second-order valence-corrected chi connectivity index (χ2v) is 9.31. The summed E-state index contributed by atoms with van der Waals surface area (Å²) < 4.78 is 46.8. The molecule has 178 valence electrons. The molecule has 0 amide bonds. The Bertz CT molecular complexity index is 1500. The number of esters is 1. The molecule has 0 spiro atoms. The van der Waals surface area contributed by atoms with E-state index in [4.69, 9.17) is 4.74 Å². The number of thioether (sulfide) groups is 1. The number of carbonyl (C=O) groups is 1. The number of benzene rings is 3. The molecule has 1 atom stereocenters. The minimum Gasteiger partial charge on any atom is -0.467 e. The van der Waals surface area contributed by atoms with Crippen molar-refractivity contribution in [1.29, 1.82) is 0 Å². The van der Waals surface area contributed by atoms with Gasteiger partial charge >= 0.3 is 12.1 Å². The molecule has 0 saturated heterocycles. The van der Waals surface area contributed by atoms with Gasteiger partial charge in [-0.1, -0.05) is 54.6 Å². The quantitative estimate of drug-likeness (QED) is 0.321. The van der Waals surface area contributed by atoms with Crippen LogP contribution in [0.15, 0.2) is 82.6 Å². The van der Waals surface area contributed by atoms with Crippen molar-refractivity contribution in [2.24, 2.45) is 0 Å². The van der Waals surface area contributed by atoms with E-state index in [1.807, 2.05) is 42.5 Å². The monoisotopic (exact) mass is 495 g/mol. The Balaban J connectivity index is 1.74. The highest BCUT2D eigenvalue weighted by atomic mass is 32.2. The average Bonchev–Trinajstić information content (AvgIpc) is 3.29. The van der Waals surface area contributed by atoms with E-state index in [1.54, 1.807) is 6.07 Å². The second kappa shape index (κ2) is 8.92. The maximum Gasteiger partial charge on any atom is 0.416 e. The molecule has 8 heteroatoms. The Morgan fingerprint density at radius 1 is 1.03 bits per heavy atom. The molecule has 4 aromatic rings. The van der Waals surface area contributed by atoms with Gasteiger partial charge in [0.2, 0.25) is 0 Å². The van der Waals surface area contributed by atoms with Crippen LogP contribution in [0.25, 0.3) is 21.9 Å². The molecule has 2 heterocycles. The molecule has 0 unspecified atom stereocenters. The highest BCUT2D eigenvalue weighted by molar-refractivity contribution is 7.99. The first-order valence-electron chi connectivity index (χ1n) is 10.9. The van der Waals surface area contributed by atoms with Crippen LogP contribution in [0.3, 0.4) is 0 Å². The number of aromatic nitrogens is 1. The van der Waals surface area contributed by atoms with E-state index >= 15 is 0 Å². The number of ether oxygens (including phenoxy) is 1. The summed E-state index contributed by atoms with van der Waals surface area (Å²) in [7, 11) is 1.25. The highest BCUT2D eigenvalue weighted by Gasteiger charge is 2.35. The van der Waals surface area contributed by atoms with Crippen molar-refractivity contribution >= 4 is 28.5 Å². The molecule has 0 aliphatic carbocycles. The van der Waals surface area contributed by atoms with Gasteiger partial charge < -0.3 is 4.74 Å². The number of hydrogen-bond acceptors (Lipinski definition) is 4. The first-order chi connectivity index (χ1) is 16.8. The van der Waals surface area contributed by atoms with Crippen molar-refractivity contribution in [2.45, 2.75) is 23.7 Å². The zero-order valence-electron chi connectivity index (χ0n) is 18.6. The number of carbonyl (C=O) groups excluding carboxylic acids is 1. The fraction of sp³-hybridized carbons (Fsp3) is 0.185. The fourth-order valence-electron chi connectivity index (χ4n) is 4.58. The van der Waals surface area contributed by atoms with E-state index in [1.165, 1.54) is 35.6 Å². The van der Waals surface area contributed by atoms with Crippen molar-refractivity contribution in [3.05, 3.63) is 99.8 Å². The predicted molar refractivity (Wildman–Crippen MR) is 130 cm³/mol. The van der Waals surface area contributed by atoms with Crippen LogP contribution < -0.4 is 5.56 Å². The summed E-state index contributed by atoms with van der Waals surface area (Å²) in [6.07, 6.45) is -4.16. The lowest BCUT2D eigenvalue weighted by atomic mass is 9.93. The summed E-state index contributed by atoms with van der Waals surface area (Å²) in [6.45, 7) is 0. The summed E-state index contributed by atoms with van der Waals surface area (Å²) in [5.74, 6) is -0.291. The van der Waals surface area contributed by atoms with E-state index < -0.39 is 23.8 Å². The maximum absolute atomic E-state index is 13.5. The van der Waals surface area contributed by atoms with Crippen molar-refractivity contribution < 1.29 is 22.7 Å². The molecule has 1 aromatic heterocycles. The molecule has 1 aliphatic heterocycles. The predicted octanol–water partition coefficient (Wildman–Crippen LogP) is 6.10. The van der Waals surface area contributed by atoms with Gasteiger partial charge in [0, 0.05) is 17.4 Å². The summed E-state index contributed by atoms with van der Waals surface area (Å²) in [5, 5.41) is 2.51. The molecule has 4 nitrogen and oxygen atoms in total. The lowest BCUT2D eigenvalue weighted by Crippen LogP contribution is -2.30. The number of halogens is 3. The average molecular weight is 496 g/mol. The molecular weight excluding hydrogens is 475 g/mol. The van der Waals surface area contributed by atoms with Crippen molar-refractivity contribution in [1.82, 2.24) is 4.57 Å². The number of fused-ring (bicyclic) bond motifs is 2. The number of hydrogen-bond donors (Lipinski definition) is 0. The Kier molecular flexibility index (Phi) is 5.92. The van der Waals surface area contributed by atoms with Crippen LogP contribution in [0.1, 0.15) is 22.7 Å². The van der Waals surface area contributed by atoms with Crippen molar-refractivity contribution in [2.75, 3.05) is 12.9 Å². The molecule has 0 bridgehead atoms. The third kappa shape index (κ3) is 4.23. The summed E-state index contributed by atoms with van der Waals surface area (Å²) in [6, 6.07) is 19.4. The third-order valence-corrected chi connectivity index (χ3v) is 7.35. The minimum absolute atomic E-state index is 0.269. The van der Waals surface area contributed by atoms with Gasteiger partial charge in [0.25, 0.3) is 5.56 Å². The standard InChI is InChI=1S/C27H20F3NO3S/c1-34-26(33)22-15-35-25-24(18-9-5-10-20(13-18)27(28,29)30)19(14-23(32)31(22)25)12-17-8-4-7-16-6-2-3-11-21(16)17/h2-11,13-14,22H,12,15H2,1H3/t22-/m0/s1. The van der Waals surface area contributed by atoms with Crippen LogP contribution in [-0.4, -0.2) is 23.4 Å². The Morgan fingerprint density at radius 2 is 1.77 bits per heavy atom. The number of alkyl halides is 3. The first-order valence-corrected chi connectivity index (χ1v) is 11.9. The number of methoxy groups -OCH3 is 1. The fourth-order valence-corrected chi connectivity index (χ4v) is 5.93. The highest BCUT2D eigenvalue weighted by Crippen LogP contribution is 2.43. The maximum atomic E-state index is 13.5. The topological polar surface area (TPSA) is 48.3 Å². The lowest BCUT2D eigenvalue weighted by Gasteiger charge is -2.19. The minimum atomic E-state index is -4.51. The van der Waals surface area contributed by atoms with E-state index in [0.29, 0.717) is 28.1 Å². The molecule has 0 fully saturated rings. The van der Waals surface area contributed by atoms with E-state index in [0.717, 1.165) is 28.5 Å². The number of nitrogens with zero attached hydrogens (tertiary/aromatic N) is 1. The molecule has 5 rings (SSSR count). The van der Waals surface area contributed by atoms with Gasteiger partial charge in [-0.2, -0.15) is 13.2 Å². The third-order valence-electron chi connectivity index (χ3n) is 6.19. The van der Waals surface area contributed by atoms with Crippen molar-refractivity contribution in [3.8, 4) is 11.1 Å². The Labute approximate surface area is 203 Å². The van der Waals surface area contributed by atoms with Gasteiger partial charge in [-0.05, 0) is 46.0 Å². The molecular formula is C27H20F3NO3S. The van der Waals surface area contributed by atoms with Crippen LogP contribution in [0.2, 0.25) is 0 Å². The van der Waals surface area contributed by atoms with Gasteiger partial charge in [-0.15, -0.1) is 11.8 Å². The normalized spacial score (nSPS) is 15.3. The molecule has 35 heavy (non-hydrogen) atoms. The molecule has 3 aromatic carbocycles. The largest absolute Gasteiger partial charge is 0.467 e.